The number of hydrogen-bond acceptors (Lipinski definition) is 13. The van der Waals surface area contributed by atoms with Gasteiger partial charge >= 0.3 is 23.5 Å². The van der Waals surface area contributed by atoms with Crippen LogP contribution in [-0.4, -0.2) is 69.6 Å². The van der Waals surface area contributed by atoms with Crippen molar-refractivity contribution < 1.29 is 56.3 Å². The summed E-state index contributed by atoms with van der Waals surface area (Å²) in [4.78, 5) is 49.1. The van der Waals surface area contributed by atoms with Crippen molar-refractivity contribution in [3.05, 3.63) is 48.0 Å². The van der Waals surface area contributed by atoms with Gasteiger partial charge in [0, 0.05) is 12.0 Å². The lowest BCUT2D eigenvalue weighted by molar-refractivity contribution is -0.0423. The van der Waals surface area contributed by atoms with Crippen LogP contribution in [0, 0.1) is 11.8 Å². The number of phosphoric acid groups is 3. The van der Waals surface area contributed by atoms with Gasteiger partial charge in [0.25, 0.3) is 0 Å². The summed E-state index contributed by atoms with van der Waals surface area (Å²) in [6.07, 6.45) is -0.562. The quantitative estimate of drug-likeness (QED) is 0.114. The number of aliphatic hydroxyl groups is 1. The average Bonchev–Trinajstić information content (AvgIpc) is 3.48. The van der Waals surface area contributed by atoms with E-state index in [-0.39, 0.29) is 19.0 Å². The third-order valence-electron chi connectivity index (χ3n) is 5.79. The molecule has 1 aliphatic heterocycles. The molecule has 0 aliphatic carbocycles. The molecule has 1 aromatic carbocycles. The highest BCUT2D eigenvalue weighted by atomic mass is 31.3. The van der Waals surface area contributed by atoms with Gasteiger partial charge in [0.15, 0.2) is 17.0 Å². The number of hydrogen-bond donors (Lipinski definition) is 7. The Bertz CT molecular complexity index is 1620. The molecule has 2 aromatic heterocycles. The van der Waals surface area contributed by atoms with Gasteiger partial charge in [0.05, 0.1) is 31.6 Å². The van der Waals surface area contributed by atoms with Gasteiger partial charge in [0.2, 0.25) is 0 Å². The Balaban J connectivity index is 1.41. The molecule has 1 aliphatic rings. The maximum absolute atomic E-state index is 12.0. The second-order valence-corrected chi connectivity index (χ2v) is 13.3. The van der Waals surface area contributed by atoms with Crippen LogP contribution in [0.3, 0.4) is 0 Å². The second kappa shape index (κ2) is 13.0. The Morgan fingerprint density at radius 3 is 2.50 bits per heavy atom. The van der Waals surface area contributed by atoms with Crippen LogP contribution in [0.25, 0.3) is 11.2 Å². The summed E-state index contributed by atoms with van der Waals surface area (Å²) in [6.45, 7) is 1.40. The van der Waals surface area contributed by atoms with Crippen LogP contribution in [0.4, 0.5) is 5.82 Å². The number of nitrogens with two attached hydrogens (primary N) is 1. The van der Waals surface area contributed by atoms with Crippen LogP contribution in [0.5, 0.6) is 0 Å². The van der Waals surface area contributed by atoms with Gasteiger partial charge in [-0.3, -0.25) is 9.09 Å². The fraction of sp³-hybridized carbons (Fsp3) is 0.381. The SMILES string of the molecule is CC(Nc1ncnc2c1ncn2[C@H]1C[C@@H](O)[C@@H](COP(=O)(O)OP(=O)(O)OP(=O)(O)O)O1)c1ccc(C#CCN)cc1. The molecule has 0 radical (unpaired) electrons. The topological polar surface area (TPSA) is 271 Å². The van der Waals surface area contributed by atoms with Crippen LogP contribution >= 0.6 is 23.5 Å². The number of aliphatic hydroxyl groups excluding tert-OH is 1. The minimum absolute atomic E-state index is 0.0154. The molecule has 3 unspecified atom stereocenters. The normalized spacial score (nSPS) is 22.6. The van der Waals surface area contributed by atoms with E-state index in [1.165, 1.54) is 17.2 Å². The van der Waals surface area contributed by atoms with E-state index in [9.17, 15) is 28.6 Å². The highest BCUT2D eigenvalue weighted by molar-refractivity contribution is 7.66. The van der Waals surface area contributed by atoms with Gasteiger partial charge < -0.3 is 40.5 Å². The summed E-state index contributed by atoms with van der Waals surface area (Å²) < 4.78 is 53.4. The summed E-state index contributed by atoms with van der Waals surface area (Å²) in [7, 11) is -16.6. The zero-order chi connectivity index (χ0) is 30.7. The monoisotopic (exact) mass is 648 g/mol. The van der Waals surface area contributed by atoms with E-state index >= 15 is 0 Å². The Hall–Kier alpha value is -2.58. The Morgan fingerprint density at radius 2 is 1.83 bits per heavy atom. The standard InChI is InChI=1S/C21H27N6O12P3/c1-13(15-6-4-14(5-7-15)3-2-8-22)26-20-19-21(24-11-23-20)27(12-25-19)18-9-16(28)17(37-18)10-36-41(32,33)39-42(34,35)38-40(29,30)31/h4-7,11-13,16-18,28H,8-10,22H2,1H3,(H,32,33)(H,34,35)(H,23,24,26)(H2,29,30,31)/t13?,16-,17-,18-/m1/s1. The zero-order valence-electron chi connectivity index (χ0n) is 21.7. The van der Waals surface area contributed by atoms with E-state index in [0.29, 0.717) is 17.0 Å². The van der Waals surface area contributed by atoms with Gasteiger partial charge in [-0.25, -0.2) is 28.6 Å². The molecule has 8 N–H and O–H groups in total. The lowest BCUT2D eigenvalue weighted by atomic mass is 10.1. The van der Waals surface area contributed by atoms with Crippen LogP contribution in [0.2, 0.25) is 0 Å². The minimum atomic E-state index is -5.68. The number of ether oxygens (including phenoxy) is 1. The molecular weight excluding hydrogens is 621 g/mol. The fourth-order valence-corrected chi connectivity index (χ4v) is 7.00. The van der Waals surface area contributed by atoms with Gasteiger partial charge in [-0.1, -0.05) is 24.0 Å². The molecule has 3 heterocycles. The fourth-order valence-electron chi connectivity index (χ4n) is 3.97. The number of rotatable bonds is 11. The van der Waals surface area contributed by atoms with Crippen molar-refractivity contribution in [1.29, 1.82) is 0 Å². The summed E-state index contributed by atoms with van der Waals surface area (Å²) in [5.41, 5.74) is 7.97. The van der Waals surface area contributed by atoms with Crippen LogP contribution < -0.4 is 11.1 Å². The number of fused-ring (bicyclic) bond motifs is 1. The number of phosphoric ester groups is 1. The molecule has 3 aromatic rings. The number of aromatic nitrogens is 4. The molecule has 1 fully saturated rings. The maximum Gasteiger partial charge on any atom is 0.490 e. The number of benzene rings is 1. The minimum Gasteiger partial charge on any atom is -0.390 e. The molecule has 18 nitrogen and oxygen atoms in total. The van der Waals surface area contributed by atoms with Gasteiger partial charge in [0.1, 0.15) is 18.7 Å². The van der Waals surface area contributed by atoms with Crippen molar-refractivity contribution in [3.63, 3.8) is 0 Å². The molecule has 0 amide bonds. The predicted octanol–water partition coefficient (Wildman–Crippen LogP) is 1.30. The van der Waals surface area contributed by atoms with E-state index in [1.807, 2.05) is 31.2 Å². The van der Waals surface area contributed by atoms with E-state index < -0.39 is 48.5 Å². The summed E-state index contributed by atoms with van der Waals surface area (Å²) >= 11 is 0. The summed E-state index contributed by atoms with van der Waals surface area (Å²) in [5.74, 6) is 6.19. The Kier molecular flexibility index (Phi) is 9.98. The largest absolute Gasteiger partial charge is 0.490 e. The third kappa shape index (κ3) is 8.50. The van der Waals surface area contributed by atoms with Crippen molar-refractivity contribution in [1.82, 2.24) is 19.5 Å². The van der Waals surface area contributed by atoms with Gasteiger partial charge in [-0.05, 0) is 24.6 Å². The molecule has 0 saturated carbocycles. The lowest BCUT2D eigenvalue weighted by Crippen LogP contribution is -2.26. The molecule has 6 atom stereocenters. The number of nitrogens with one attached hydrogen (secondary N) is 1. The predicted molar refractivity (Wildman–Crippen MR) is 144 cm³/mol. The van der Waals surface area contributed by atoms with Crippen LogP contribution in [0.1, 0.15) is 36.7 Å². The van der Waals surface area contributed by atoms with E-state index in [2.05, 4.69) is 45.3 Å². The third-order valence-corrected chi connectivity index (χ3v) is 9.59. The lowest BCUT2D eigenvalue weighted by Gasteiger charge is -2.19. The molecule has 1 saturated heterocycles. The summed E-state index contributed by atoms with van der Waals surface area (Å²) in [5, 5.41) is 13.7. The average molecular weight is 648 g/mol. The van der Waals surface area contributed by atoms with Crippen LogP contribution in [0.15, 0.2) is 36.9 Å². The molecule has 21 heteroatoms. The van der Waals surface area contributed by atoms with Gasteiger partial charge in [-0.15, -0.1) is 0 Å². The number of anilines is 1. The van der Waals surface area contributed by atoms with Crippen molar-refractivity contribution >= 4 is 40.4 Å². The Labute approximate surface area is 238 Å². The number of nitrogens with zero attached hydrogens (tertiary/aromatic N) is 4. The molecule has 42 heavy (non-hydrogen) atoms. The highest BCUT2D eigenvalue weighted by Crippen LogP contribution is 2.66. The van der Waals surface area contributed by atoms with Crippen molar-refractivity contribution in [2.24, 2.45) is 5.73 Å². The molecule has 228 valence electrons. The molecular formula is C21H27N6O12P3. The van der Waals surface area contributed by atoms with Crippen molar-refractivity contribution in [3.8, 4) is 11.8 Å². The first-order valence-corrected chi connectivity index (χ1v) is 16.5. The highest BCUT2D eigenvalue weighted by Gasteiger charge is 2.43. The van der Waals surface area contributed by atoms with Gasteiger partial charge in [-0.2, -0.15) is 8.62 Å². The van der Waals surface area contributed by atoms with Crippen molar-refractivity contribution in [2.75, 3.05) is 18.5 Å². The molecule has 0 bridgehead atoms. The first-order valence-electron chi connectivity index (χ1n) is 12.0. The van der Waals surface area contributed by atoms with E-state index in [0.717, 1.165) is 11.1 Å². The van der Waals surface area contributed by atoms with E-state index in [1.54, 1.807) is 0 Å². The second-order valence-electron chi connectivity index (χ2n) is 8.86. The zero-order valence-corrected chi connectivity index (χ0v) is 24.4. The first kappa shape index (κ1) is 32.3. The summed E-state index contributed by atoms with van der Waals surface area (Å²) in [6, 6.07) is 7.43. The van der Waals surface area contributed by atoms with Crippen LogP contribution in [-0.2, 0) is 31.6 Å². The number of imidazole rings is 1. The Morgan fingerprint density at radius 1 is 1.12 bits per heavy atom. The van der Waals surface area contributed by atoms with E-state index in [4.69, 9.17) is 20.3 Å². The first-order chi connectivity index (χ1) is 19.7. The van der Waals surface area contributed by atoms with Crippen molar-refractivity contribution in [2.45, 2.75) is 37.8 Å². The smallest absolute Gasteiger partial charge is 0.390 e. The maximum atomic E-state index is 12.0. The molecule has 0 spiro atoms. The molecule has 4 rings (SSSR count).